The van der Waals surface area contributed by atoms with Crippen molar-refractivity contribution in [1.82, 2.24) is 4.98 Å². The van der Waals surface area contributed by atoms with Crippen molar-refractivity contribution in [1.29, 1.82) is 0 Å². The Labute approximate surface area is 76.8 Å². The van der Waals surface area contributed by atoms with Crippen LogP contribution in [0.3, 0.4) is 0 Å². The number of aromatic amines is 1. The van der Waals surface area contributed by atoms with E-state index in [4.69, 9.17) is 10.8 Å². The van der Waals surface area contributed by atoms with Crippen molar-refractivity contribution < 1.29 is 9.90 Å². The Hall–Kier alpha value is -1.29. The van der Waals surface area contributed by atoms with E-state index in [1.807, 2.05) is 18.5 Å². The molecule has 0 bridgehead atoms. The highest BCUT2D eigenvalue weighted by Crippen LogP contribution is 2.10. The van der Waals surface area contributed by atoms with Crippen LogP contribution in [0.2, 0.25) is 0 Å². The molecule has 0 saturated carbocycles. The molecule has 4 nitrogen and oxygen atoms in total. The molecule has 0 spiro atoms. The summed E-state index contributed by atoms with van der Waals surface area (Å²) in [4.78, 5) is 13.4. The first-order valence-electron chi connectivity index (χ1n) is 4.26. The molecule has 1 rings (SSSR count). The van der Waals surface area contributed by atoms with E-state index in [2.05, 4.69) is 4.98 Å². The number of carboxylic acids is 1. The molecule has 72 valence electrons. The summed E-state index contributed by atoms with van der Waals surface area (Å²) in [7, 11) is 0. The molecule has 0 aliphatic rings. The Balaban J connectivity index is 2.45. The Kier molecular flexibility index (Phi) is 3.52. The van der Waals surface area contributed by atoms with Crippen molar-refractivity contribution in [2.75, 3.05) is 6.54 Å². The van der Waals surface area contributed by atoms with Crippen LogP contribution in [0.1, 0.15) is 12.0 Å². The lowest BCUT2D eigenvalue weighted by atomic mass is 9.98. The average Bonchev–Trinajstić information content (AvgIpc) is 2.55. The quantitative estimate of drug-likeness (QED) is 0.624. The molecule has 0 saturated heterocycles. The number of aromatic nitrogens is 1. The zero-order valence-corrected chi connectivity index (χ0v) is 7.36. The molecular weight excluding hydrogens is 168 g/mol. The number of rotatable bonds is 5. The predicted octanol–water partition coefficient (Wildman–Crippen LogP) is 0.607. The summed E-state index contributed by atoms with van der Waals surface area (Å²) in [5.41, 5.74) is 6.57. The minimum Gasteiger partial charge on any atom is -0.481 e. The molecule has 0 aliphatic heterocycles. The number of nitrogens with one attached hydrogen (secondary N) is 1. The van der Waals surface area contributed by atoms with Crippen molar-refractivity contribution in [2.24, 2.45) is 11.7 Å². The fourth-order valence-electron chi connectivity index (χ4n) is 1.30. The molecule has 1 aromatic rings. The van der Waals surface area contributed by atoms with Crippen molar-refractivity contribution in [3.8, 4) is 0 Å². The molecule has 0 radical (unpaired) electrons. The number of carboxylic acid groups (broad SMARTS) is 1. The van der Waals surface area contributed by atoms with Crippen LogP contribution in [0.4, 0.5) is 0 Å². The summed E-state index contributed by atoms with van der Waals surface area (Å²) in [6.07, 6.45) is 4.56. The minimum absolute atomic E-state index is 0.0355. The molecule has 1 aromatic heterocycles. The summed E-state index contributed by atoms with van der Waals surface area (Å²) in [5, 5.41) is 8.58. The van der Waals surface area contributed by atoms with Gasteiger partial charge in [0.1, 0.15) is 0 Å². The maximum Gasteiger partial charge on any atom is 0.303 e. The van der Waals surface area contributed by atoms with Gasteiger partial charge in [-0.1, -0.05) is 0 Å². The lowest BCUT2D eigenvalue weighted by Gasteiger charge is -2.10. The molecule has 4 N–H and O–H groups in total. The Bertz CT molecular complexity index is 257. The van der Waals surface area contributed by atoms with Crippen LogP contribution in [0.25, 0.3) is 0 Å². The normalized spacial score (nSPS) is 12.7. The third kappa shape index (κ3) is 3.29. The van der Waals surface area contributed by atoms with Gasteiger partial charge in [0.2, 0.25) is 0 Å². The zero-order chi connectivity index (χ0) is 9.68. The summed E-state index contributed by atoms with van der Waals surface area (Å²) < 4.78 is 0. The van der Waals surface area contributed by atoms with E-state index >= 15 is 0 Å². The molecule has 1 unspecified atom stereocenters. The third-order valence-corrected chi connectivity index (χ3v) is 1.98. The zero-order valence-electron chi connectivity index (χ0n) is 7.36. The van der Waals surface area contributed by atoms with Gasteiger partial charge in [0.05, 0.1) is 0 Å². The van der Waals surface area contributed by atoms with Crippen LogP contribution in [0.5, 0.6) is 0 Å². The molecule has 0 aliphatic carbocycles. The molecule has 1 atom stereocenters. The molecule has 1 heterocycles. The van der Waals surface area contributed by atoms with Crippen LogP contribution in [0, 0.1) is 5.92 Å². The number of carbonyl (C=O) groups is 1. The number of hydrogen-bond donors (Lipinski definition) is 3. The second-order valence-corrected chi connectivity index (χ2v) is 3.12. The van der Waals surface area contributed by atoms with Crippen molar-refractivity contribution >= 4 is 5.97 Å². The largest absolute Gasteiger partial charge is 0.481 e. The summed E-state index contributed by atoms with van der Waals surface area (Å²) in [6, 6.07) is 1.94. The van der Waals surface area contributed by atoms with Gasteiger partial charge in [-0.05, 0) is 30.5 Å². The number of hydrogen-bond acceptors (Lipinski definition) is 2. The van der Waals surface area contributed by atoms with Gasteiger partial charge in [0.25, 0.3) is 0 Å². The summed E-state index contributed by atoms with van der Waals surface area (Å²) >= 11 is 0. The van der Waals surface area contributed by atoms with Crippen molar-refractivity contribution in [3.05, 3.63) is 24.0 Å². The van der Waals surface area contributed by atoms with E-state index in [0.29, 0.717) is 6.54 Å². The van der Waals surface area contributed by atoms with Gasteiger partial charge in [-0.25, -0.2) is 0 Å². The topological polar surface area (TPSA) is 79.1 Å². The van der Waals surface area contributed by atoms with E-state index in [9.17, 15) is 4.79 Å². The van der Waals surface area contributed by atoms with Gasteiger partial charge in [0.15, 0.2) is 0 Å². The number of nitrogens with two attached hydrogens (primary N) is 1. The first kappa shape index (κ1) is 9.80. The maximum atomic E-state index is 10.4. The third-order valence-electron chi connectivity index (χ3n) is 1.98. The predicted molar refractivity (Wildman–Crippen MR) is 49.3 cm³/mol. The van der Waals surface area contributed by atoms with Gasteiger partial charge in [0, 0.05) is 18.8 Å². The smallest absolute Gasteiger partial charge is 0.303 e. The van der Waals surface area contributed by atoms with Gasteiger partial charge in [-0.15, -0.1) is 0 Å². The minimum atomic E-state index is -0.786. The monoisotopic (exact) mass is 182 g/mol. The van der Waals surface area contributed by atoms with Crippen molar-refractivity contribution in [3.63, 3.8) is 0 Å². The van der Waals surface area contributed by atoms with Crippen LogP contribution in [-0.2, 0) is 11.2 Å². The van der Waals surface area contributed by atoms with E-state index in [0.717, 1.165) is 12.0 Å². The molecule has 0 aromatic carbocycles. The van der Waals surface area contributed by atoms with Crippen molar-refractivity contribution in [2.45, 2.75) is 12.8 Å². The molecule has 0 fully saturated rings. The molecule has 4 heteroatoms. The maximum absolute atomic E-state index is 10.4. The van der Waals surface area contributed by atoms with Gasteiger partial charge < -0.3 is 15.8 Å². The Morgan fingerprint density at radius 2 is 2.46 bits per heavy atom. The van der Waals surface area contributed by atoms with Crippen LogP contribution in [-0.4, -0.2) is 22.6 Å². The number of H-pyrrole nitrogens is 1. The van der Waals surface area contributed by atoms with Gasteiger partial charge in [-0.2, -0.15) is 0 Å². The SMILES string of the molecule is NCC(CC(=O)O)Cc1cc[nH]c1. The van der Waals surface area contributed by atoms with Gasteiger partial charge in [-0.3, -0.25) is 4.79 Å². The fraction of sp³-hybridized carbons (Fsp3) is 0.444. The lowest BCUT2D eigenvalue weighted by Crippen LogP contribution is -2.20. The van der Waals surface area contributed by atoms with Crippen LogP contribution in [0.15, 0.2) is 18.5 Å². The average molecular weight is 182 g/mol. The van der Waals surface area contributed by atoms with E-state index in [1.54, 1.807) is 0 Å². The van der Waals surface area contributed by atoms with E-state index < -0.39 is 5.97 Å². The Morgan fingerprint density at radius 3 is 2.92 bits per heavy atom. The molecular formula is C9H14N2O2. The van der Waals surface area contributed by atoms with E-state index in [-0.39, 0.29) is 12.3 Å². The highest BCUT2D eigenvalue weighted by molar-refractivity contribution is 5.67. The summed E-state index contributed by atoms with van der Waals surface area (Å²) in [5.74, 6) is -0.751. The summed E-state index contributed by atoms with van der Waals surface area (Å²) in [6.45, 7) is 0.414. The fourth-order valence-corrected chi connectivity index (χ4v) is 1.30. The highest BCUT2D eigenvalue weighted by Gasteiger charge is 2.11. The molecule has 0 amide bonds. The standard InChI is InChI=1S/C9H14N2O2/c10-5-8(4-9(12)13)3-7-1-2-11-6-7/h1-2,6,8,11H,3-5,10H2,(H,12,13). The second-order valence-electron chi connectivity index (χ2n) is 3.12. The lowest BCUT2D eigenvalue weighted by molar-refractivity contribution is -0.138. The van der Waals surface area contributed by atoms with Gasteiger partial charge >= 0.3 is 5.97 Å². The second kappa shape index (κ2) is 4.67. The van der Waals surface area contributed by atoms with Crippen LogP contribution >= 0.6 is 0 Å². The van der Waals surface area contributed by atoms with Crippen LogP contribution < -0.4 is 5.73 Å². The Morgan fingerprint density at radius 1 is 1.69 bits per heavy atom. The highest BCUT2D eigenvalue weighted by atomic mass is 16.4. The molecule has 13 heavy (non-hydrogen) atoms. The number of aliphatic carboxylic acids is 1. The first-order chi connectivity index (χ1) is 6.22. The first-order valence-corrected chi connectivity index (χ1v) is 4.26. The van der Waals surface area contributed by atoms with E-state index in [1.165, 1.54) is 0 Å².